The maximum Gasteiger partial charge on any atom is 0.226 e. The van der Waals surface area contributed by atoms with Gasteiger partial charge in [0.2, 0.25) is 5.91 Å². The molecule has 1 N–H and O–H groups in total. The molecule has 0 aliphatic rings. The van der Waals surface area contributed by atoms with Gasteiger partial charge in [-0.15, -0.1) is 0 Å². The minimum Gasteiger partial charge on any atom is -0.497 e. The summed E-state index contributed by atoms with van der Waals surface area (Å²) in [4.78, 5) is 12.8. The third-order valence-electron chi connectivity index (χ3n) is 4.47. The fraction of sp³-hybridized carbons (Fsp3) is 0.227. The summed E-state index contributed by atoms with van der Waals surface area (Å²) in [6.07, 6.45) is 4.26. The van der Waals surface area contributed by atoms with Crippen molar-refractivity contribution in [2.45, 2.75) is 19.4 Å². The Balaban J connectivity index is 1.83. The van der Waals surface area contributed by atoms with Crippen LogP contribution in [0.25, 0.3) is 0 Å². The smallest absolute Gasteiger partial charge is 0.226 e. The molecular weight excluding hydrogens is 340 g/mol. The van der Waals surface area contributed by atoms with E-state index in [1.165, 1.54) is 5.56 Å². The van der Waals surface area contributed by atoms with Crippen molar-refractivity contribution in [2.24, 2.45) is 0 Å². The van der Waals surface area contributed by atoms with E-state index in [0.29, 0.717) is 23.6 Å². The number of nitrogens with zero attached hydrogens (tertiary/aromatic N) is 1. The highest BCUT2D eigenvalue weighted by atomic mass is 16.5. The van der Waals surface area contributed by atoms with Crippen LogP contribution in [0, 0.1) is 6.92 Å². The number of hydrogen-bond acceptors (Lipinski definition) is 3. The van der Waals surface area contributed by atoms with E-state index in [9.17, 15) is 4.79 Å². The van der Waals surface area contributed by atoms with Gasteiger partial charge in [-0.3, -0.25) is 4.79 Å². The van der Waals surface area contributed by atoms with E-state index in [1.54, 1.807) is 32.4 Å². The van der Waals surface area contributed by atoms with Crippen molar-refractivity contribution in [3.63, 3.8) is 0 Å². The van der Waals surface area contributed by atoms with Gasteiger partial charge in [-0.25, -0.2) is 0 Å². The molecule has 3 aromatic rings. The van der Waals surface area contributed by atoms with Gasteiger partial charge in [-0.1, -0.05) is 29.8 Å². The number of carbonyl (C=O) groups is 1. The average molecular weight is 364 g/mol. The number of rotatable bonds is 7. The minimum atomic E-state index is -0.0956. The second-order valence-electron chi connectivity index (χ2n) is 6.38. The second-order valence-corrected chi connectivity index (χ2v) is 6.38. The third kappa shape index (κ3) is 4.50. The normalized spacial score (nSPS) is 11.7. The first-order valence-electron chi connectivity index (χ1n) is 8.81. The van der Waals surface area contributed by atoms with Gasteiger partial charge in [0, 0.05) is 18.5 Å². The van der Waals surface area contributed by atoms with Gasteiger partial charge in [0.25, 0.3) is 0 Å². The van der Waals surface area contributed by atoms with E-state index < -0.39 is 0 Å². The van der Waals surface area contributed by atoms with Gasteiger partial charge in [-0.05, 0) is 36.8 Å². The van der Waals surface area contributed by atoms with Crippen LogP contribution in [0.1, 0.15) is 23.6 Å². The van der Waals surface area contributed by atoms with E-state index in [-0.39, 0.29) is 11.9 Å². The highest BCUT2D eigenvalue weighted by Gasteiger charge is 2.19. The minimum absolute atomic E-state index is 0.0866. The highest BCUT2D eigenvalue weighted by molar-refractivity contribution is 5.93. The predicted octanol–water partition coefficient (Wildman–Crippen LogP) is 4.43. The van der Waals surface area contributed by atoms with Crippen LogP contribution >= 0.6 is 0 Å². The molecule has 0 aliphatic heterocycles. The van der Waals surface area contributed by atoms with Gasteiger partial charge in [0.05, 0.1) is 32.4 Å². The number of nitrogens with one attached hydrogen (secondary N) is 1. The third-order valence-corrected chi connectivity index (χ3v) is 4.47. The Morgan fingerprint density at radius 2 is 1.81 bits per heavy atom. The predicted molar refractivity (Wildman–Crippen MR) is 107 cm³/mol. The van der Waals surface area contributed by atoms with Crippen LogP contribution in [0.5, 0.6) is 11.5 Å². The average Bonchev–Trinajstić information content (AvgIpc) is 3.20. The number of benzene rings is 2. The number of methoxy groups -OCH3 is 2. The molecule has 2 aromatic carbocycles. The van der Waals surface area contributed by atoms with Crippen molar-refractivity contribution in [1.82, 2.24) is 4.57 Å². The lowest BCUT2D eigenvalue weighted by atomic mass is 10.0. The molecule has 0 unspecified atom stereocenters. The van der Waals surface area contributed by atoms with Crippen LogP contribution in [0.2, 0.25) is 0 Å². The molecule has 0 radical (unpaired) electrons. The molecule has 5 nitrogen and oxygen atoms in total. The molecule has 0 saturated heterocycles. The molecule has 140 valence electrons. The molecule has 0 bridgehead atoms. The Kier molecular flexibility index (Phi) is 5.81. The zero-order valence-corrected chi connectivity index (χ0v) is 15.8. The molecule has 0 aliphatic carbocycles. The fourth-order valence-corrected chi connectivity index (χ4v) is 3.12. The van der Waals surface area contributed by atoms with Gasteiger partial charge in [-0.2, -0.15) is 0 Å². The zero-order chi connectivity index (χ0) is 19.2. The zero-order valence-electron chi connectivity index (χ0n) is 15.8. The largest absolute Gasteiger partial charge is 0.497 e. The van der Waals surface area contributed by atoms with Gasteiger partial charge in [0.15, 0.2) is 0 Å². The lowest BCUT2D eigenvalue weighted by Gasteiger charge is -2.20. The summed E-state index contributed by atoms with van der Waals surface area (Å²) in [7, 11) is 3.17. The Hall–Kier alpha value is -3.21. The number of carbonyl (C=O) groups excluding carboxylic acids is 1. The topological polar surface area (TPSA) is 52.5 Å². The number of aryl methyl sites for hydroxylation is 1. The second kappa shape index (κ2) is 8.45. The first kappa shape index (κ1) is 18.6. The Morgan fingerprint density at radius 3 is 2.48 bits per heavy atom. The molecule has 0 spiro atoms. The molecule has 1 aromatic heterocycles. The maximum absolute atomic E-state index is 12.8. The van der Waals surface area contributed by atoms with Crippen molar-refractivity contribution in [3.8, 4) is 11.5 Å². The summed E-state index contributed by atoms with van der Waals surface area (Å²) in [5.74, 6) is 1.16. The van der Waals surface area contributed by atoms with E-state index in [4.69, 9.17) is 9.47 Å². The van der Waals surface area contributed by atoms with Crippen LogP contribution in [0.4, 0.5) is 5.69 Å². The molecule has 0 fully saturated rings. The number of amides is 1. The molecular formula is C22H24N2O3. The van der Waals surface area contributed by atoms with Gasteiger partial charge < -0.3 is 19.4 Å². The van der Waals surface area contributed by atoms with E-state index in [2.05, 4.69) is 35.0 Å². The van der Waals surface area contributed by atoms with Crippen LogP contribution in [-0.2, 0) is 4.79 Å². The molecule has 1 atom stereocenters. The molecule has 5 heteroatoms. The van der Waals surface area contributed by atoms with Crippen LogP contribution in [-0.4, -0.2) is 24.7 Å². The summed E-state index contributed by atoms with van der Waals surface area (Å²) in [6.45, 7) is 2.05. The quantitative estimate of drug-likeness (QED) is 0.675. The maximum atomic E-state index is 12.8. The molecule has 1 heterocycles. The van der Waals surface area contributed by atoms with Crippen molar-refractivity contribution in [3.05, 3.63) is 78.1 Å². The lowest BCUT2D eigenvalue weighted by molar-refractivity contribution is -0.116. The Morgan fingerprint density at radius 1 is 1.04 bits per heavy atom. The van der Waals surface area contributed by atoms with Crippen molar-refractivity contribution in [2.75, 3.05) is 19.5 Å². The number of ether oxygens (including phenoxy) is 2. The number of anilines is 1. The monoisotopic (exact) mass is 364 g/mol. The summed E-state index contributed by atoms with van der Waals surface area (Å²) < 4.78 is 12.6. The highest BCUT2D eigenvalue weighted by Crippen LogP contribution is 2.30. The first-order chi connectivity index (χ1) is 13.1. The van der Waals surface area contributed by atoms with Crippen molar-refractivity contribution in [1.29, 1.82) is 0 Å². The van der Waals surface area contributed by atoms with E-state index in [1.807, 2.05) is 30.6 Å². The van der Waals surface area contributed by atoms with Crippen LogP contribution in [0.3, 0.4) is 0 Å². The molecule has 1 amide bonds. The van der Waals surface area contributed by atoms with Crippen LogP contribution < -0.4 is 14.8 Å². The van der Waals surface area contributed by atoms with Gasteiger partial charge >= 0.3 is 0 Å². The number of aromatic nitrogens is 1. The number of hydrogen-bond donors (Lipinski definition) is 1. The molecule has 0 saturated carbocycles. The Labute approximate surface area is 159 Å². The van der Waals surface area contributed by atoms with Crippen molar-refractivity contribution < 1.29 is 14.3 Å². The SMILES string of the molecule is COc1ccc(OC)c(NC(=O)C[C@@H](c2cccc(C)c2)n2cccc2)c1. The summed E-state index contributed by atoms with van der Waals surface area (Å²) in [5.41, 5.74) is 2.86. The summed E-state index contributed by atoms with van der Waals surface area (Å²) in [5, 5.41) is 2.96. The Bertz CT molecular complexity index is 904. The van der Waals surface area contributed by atoms with Crippen molar-refractivity contribution >= 4 is 11.6 Å². The summed E-state index contributed by atoms with van der Waals surface area (Å²) >= 11 is 0. The van der Waals surface area contributed by atoms with Crippen LogP contribution in [0.15, 0.2) is 67.0 Å². The lowest BCUT2D eigenvalue weighted by Crippen LogP contribution is -2.20. The fourth-order valence-electron chi connectivity index (χ4n) is 3.12. The standard InChI is InChI=1S/C22H24N2O3/c1-16-7-6-8-17(13-16)20(24-11-4-5-12-24)15-22(25)23-19-14-18(26-2)9-10-21(19)27-3/h4-14,20H,15H2,1-3H3,(H,23,25)/t20-/m0/s1. The molecule has 27 heavy (non-hydrogen) atoms. The van der Waals surface area contributed by atoms with Gasteiger partial charge in [0.1, 0.15) is 11.5 Å². The molecule has 3 rings (SSSR count). The first-order valence-corrected chi connectivity index (χ1v) is 8.81. The summed E-state index contributed by atoms with van der Waals surface area (Å²) in [6, 6.07) is 17.4. The van der Waals surface area contributed by atoms with E-state index in [0.717, 1.165) is 5.56 Å². The van der Waals surface area contributed by atoms with E-state index >= 15 is 0 Å².